The number of carboxylic acids is 4. The summed E-state index contributed by atoms with van der Waals surface area (Å²) >= 11 is 0. The number of carbonyl (C=O) groups is 4. The van der Waals surface area contributed by atoms with Crippen molar-refractivity contribution in [1.29, 1.82) is 0 Å². The van der Waals surface area contributed by atoms with Crippen molar-refractivity contribution in [3.63, 3.8) is 0 Å². The standard InChI is InChI=1S/C9H20O2.C6H14O2.4C4H6O2/c10-8-6-4-2-1-3-5-7-9-11;7-5-3-1-2-4-6-8;4*1-3(2)4(5)6/h10-11H,1-9H2;7-8H,1-6H2;4*1H2,2H3,(H,5,6). The van der Waals surface area contributed by atoms with Crippen LogP contribution in [-0.4, -0.2) is 91.2 Å². The Kier molecular flexibility index (Phi) is 52.5. The molecule has 12 heteroatoms. The Hall–Kier alpha value is -3.32. The van der Waals surface area contributed by atoms with Gasteiger partial charge in [-0.05, 0) is 53.4 Å². The van der Waals surface area contributed by atoms with Crippen LogP contribution >= 0.6 is 0 Å². The monoisotopic (exact) mass is 622 g/mol. The van der Waals surface area contributed by atoms with Gasteiger partial charge in [-0.1, -0.05) is 71.3 Å². The normalized spacial score (nSPS) is 8.65. The molecule has 0 atom stereocenters. The molecule has 0 rings (SSSR count). The van der Waals surface area contributed by atoms with Gasteiger partial charge in [0.2, 0.25) is 0 Å². The van der Waals surface area contributed by atoms with E-state index in [2.05, 4.69) is 26.3 Å². The van der Waals surface area contributed by atoms with Crippen molar-refractivity contribution in [3.8, 4) is 0 Å². The number of carboxylic acid groups (broad SMARTS) is 4. The van der Waals surface area contributed by atoms with E-state index in [9.17, 15) is 19.2 Å². The topological polar surface area (TPSA) is 230 Å². The molecule has 0 unspecified atom stereocenters. The highest BCUT2D eigenvalue weighted by molar-refractivity contribution is 5.85. The van der Waals surface area contributed by atoms with Gasteiger partial charge in [0, 0.05) is 48.7 Å². The minimum Gasteiger partial charge on any atom is -0.478 e. The van der Waals surface area contributed by atoms with Crippen molar-refractivity contribution >= 4 is 23.9 Å². The van der Waals surface area contributed by atoms with Crippen LogP contribution in [0.5, 0.6) is 0 Å². The van der Waals surface area contributed by atoms with Crippen molar-refractivity contribution in [3.05, 3.63) is 48.6 Å². The maximum absolute atomic E-state index is 9.60. The summed E-state index contributed by atoms with van der Waals surface area (Å²) in [6, 6.07) is 0. The van der Waals surface area contributed by atoms with Crippen molar-refractivity contribution in [2.24, 2.45) is 0 Å². The second kappa shape index (κ2) is 43.1. The van der Waals surface area contributed by atoms with Crippen LogP contribution in [0, 0.1) is 0 Å². The molecule has 0 heterocycles. The van der Waals surface area contributed by atoms with Gasteiger partial charge in [-0.3, -0.25) is 0 Å². The summed E-state index contributed by atoms with van der Waals surface area (Å²) < 4.78 is 0. The Bertz CT molecular complexity index is 600. The molecule has 0 spiro atoms. The van der Waals surface area contributed by atoms with E-state index in [0.717, 1.165) is 51.4 Å². The number of unbranched alkanes of at least 4 members (excludes halogenated alkanes) is 9. The van der Waals surface area contributed by atoms with Crippen LogP contribution in [0.4, 0.5) is 0 Å². The van der Waals surface area contributed by atoms with E-state index >= 15 is 0 Å². The molecule has 0 aliphatic carbocycles. The second-order valence-electron chi connectivity index (χ2n) is 9.13. The molecule has 0 aliphatic heterocycles. The Morgan fingerprint density at radius 1 is 0.349 bits per heavy atom. The predicted molar refractivity (Wildman–Crippen MR) is 169 cm³/mol. The van der Waals surface area contributed by atoms with Gasteiger partial charge in [0.15, 0.2) is 0 Å². The van der Waals surface area contributed by atoms with E-state index in [1.54, 1.807) is 0 Å². The Balaban J connectivity index is -0.0000000974. The first kappa shape index (κ1) is 52.3. The van der Waals surface area contributed by atoms with Crippen LogP contribution in [0.25, 0.3) is 0 Å². The minimum absolute atomic E-state index is 0.176. The van der Waals surface area contributed by atoms with E-state index in [0.29, 0.717) is 13.2 Å². The van der Waals surface area contributed by atoms with Gasteiger partial charge in [0.05, 0.1) is 0 Å². The molecule has 0 aromatic rings. The molecular formula is C31H58O12. The molecule has 0 radical (unpaired) electrons. The fourth-order valence-corrected chi connectivity index (χ4v) is 1.68. The van der Waals surface area contributed by atoms with E-state index in [1.807, 2.05) is 0 Å². The van der Waals surface area contributed by atoms with Crippen molar-refractivity contribution in [1.82, 2.24) is 0 Å². The number of aliphatic hydroxyl groups is 4. The Labute approximate surface area is 257 Å². The van der Waals surface area contributed by atoms with Crippen LogP contribution in [0.1, 0.15) is 98.3 Å². The first-order valence-corrected chi connectivity index (χ1v) is 13.9. The third-order valence-electron chi connectivity index (χ3n) is 4.34. The highest BCUT2D eigenvalue weighted by Gasteiger charge is 1.92. The fraction of sp³-hybridized carbons (Fsp3) is 0.613. The minimum atomic E-state index is -0.935. The second-order valence-corrected chi connectivity index (χ2v) is 9.13. The lowest BCUT2D eigenvalue weighted by Crippen LogP contribution is -1.92. The number of aliphatic hydroxyl groups excluding tert-OH is 4. The molecule has 0 amide bonds. The quantitative estimate of drug-likeness (QED) is 0.0806. The summed E-state index contributed by atoms with van der Waals surface area (Å²) in [6.07, 6.45) is 11.7. The smallest absolute Gasteiger partial charge is 0.330 e. The van der Waals surface area contributed by atoms with E-state index < -0.39 is 23.9 Å². The average Bonchev–Trinajstić information content (AvgIpc) is 2.92. The molecule has 0 saturated heterocycles. The molecule has 12 nitrogen and oxygen atoms in total. The largest absolute Gasteiger partial charge is 0.478 e. The van der Waals surface area contributed by atoms with Crippen LogP contribution < -0.4 is 0 Å². The summed E-state index contributed by atoms with van der Waals surface area (Å²) in [4.78, 5) is 38.4. The number of rotatable bonds is 17. The zero-order valence-corrected chi connectivity index (χ0v) is 26.6. The highest BCUT2D eigenvalue weighted by Crippen LogP contribution is 2.06. The van der Waals surface area contributed by atoms with Gasteiger partial charge in [-0.2, -0.15) is 0 Å². The van der Waals surface area contributed by atoms with E-state index in [-0.39, 0.29) is 35.5 Å². The van der Waals surface area contributed by atoms with Crippen molar-refractivity contribution in [2.45, 2.75) is 98.3 Å². The van der Waals surface area contributed by atoms with Gasteiger partial charge in [-0.15, -0.1) is 0 Å². The third-order valence-corrected chi connectivity index (χ3v) is 4.34. The first-order valence-electron chi connectivity index (χ1n) is 13.9. The molecule has 0 bridgehead atoms. The summed E-state index contributed by atoms with van der Waals surface area (Å²) in [5, 5.41) is 65.1. The summed E-state index contributed by atoms with van der Waals surface area (Å²) in [5.41, 5.74) is 0.704. The highest BCUT2D eigenvalue weighted by atomic mass is 16.4. The van der Waals surface area contributed by atoms with Crippen LogP contribution in [0.2, 0.25) is 0 Å². The van der Waals surface area contributed by atoms with E-state index in [4.69, 9.17) is 40.9 Å². The molecule has 43 heavy (non-hydrogen) atoms. The van der Waals surface area contributed by atoms with Crippen molar-refractivity contribution in [2.75, 3.05) is 26.4 Å². The molecule has 0 fully saturated rings. The maximum atomic E-state index is 9.60. The lowest BCUT2D eigenvalue weighted by Gasteiger charge is -1.98. The van der Waals surface area contributed by atoms with Gasteiger partial charge in [0.1, 0.15) is 0 Å². The van der Waals surface area contributed by atoms with Gasteiger partial charge >= 0.3 is 23.9 Å². The first-order chi connectivity index (χ1) is 19.9. The fourth-order valence-electron chi connectivity index (χ4n) is 1.68. The zero-order valence-electron chi connectivity index (χ0n) is 26.6. The molecule has 0 aliphatic rings. The van der Waals surface area contributed by atoms with Crippen LogP contribution in [-0.2, 0) is 19.2 Å². The molecule has 0 aromatic heterocycles. The summed E-state index contributed by atoms with van der Waals surface area (Å²) in [6.45, 7) is 19.6. The molecular weight excluding hydrogens is 564 g/mol. The third kappa shape index (κ3) is 78.9. The lowest BCUT2D eigenvalue weighted by atomic mass is 10.1. The predicted octanol–water partition coefficient (Wildman–Crippen LogP) is 4.82. The average molecular weight is 623 g/mol. The Morgan fingerprint density at radius 2 is 0.442 bits per heavy atom. The van der Waals surface area contributed by atoms with Gasteiger partial charge < -0.3 is 40.9 Å². The zero-order chi connectivity index (χ0) is 35.2. The summed E-state index contributed by atoms with van der Waals surface area (Å²) in [5.74, 6) is -3.74. The van der Waals surface area contributed by atoms with Crippen LogP contribution in [0.15, 0.2) is 48.6 Å². The van der Waals surface area contributed by atoms with Gasteiger partial charge in [-0.25, -0.2) is 19.2 Å². The molecule has 8 N–H and O–H groups in total. The Morgan fingerprint density at radius 3 is 0.512 bits per heavy atom. The van der Waals surface area contributed by atoms with Crippen molar-refractivity contribution < 1.29 is 60.0 Å². The maximum Gasteiger partial charge on any atom is 0.330 e. The van der Waals surface area contributed by atoms with Crippen LogP contribution in [0.3, 0.4) is 0 Å². The number of hydrogen-bond acceptors (Lipinski definition) is 8. The molecule has 254 valence electrons. The number of aliphatic carboxylic acids is 4. The lowest BCUT2D eigenvalue weighted by molar-refractivity contribution is -0.133. The van der Waals surface area contributed by atoms with E-state index in [1.165, 1.54) is 47.0 Å². The van der Waals surface area contributed by atoms with Gasteiger partial charge in [0.25, 0.3) is 0 Å². The molecule has 0 aromatic carbocycles. The molecule has 0 saturated carbocycles. The summed E-state index contributed by atoms with van der Waals surface area (Å²) in [7, 11) is 0. The SMILES string of the molecule is C=C(C)C(=O)O.C=C(C)C(=O)O.C=C(C)C(=O)O.C=C(C)C(=O)O.OCCCCCCCCCO.OCCCCCCO. The number of hydrogen-bond donors (Lipinski definition) is 8.